The van der Waals surface area contributed by atoms with Crippen molar-refractivity contribution >= 4 is 22.7 Å². The largest absolute Gasteiger partial charge is 0.354 e. The van der Waals surface area contributed by atoms with Gasteiger partial charge in [-0.15, -0.1) is 0 Å². The Labute approximate surface area is 184 Å². The van der Waals surface area contributed by atoms with Crippen LogP contribution in [0.2, 0.25) is 0 Å². The van der Waals surface area contributed by atoms with E-state index in [0.29, 0.717) is 31.2 Å². The smallest absolute Gasteiger partial charge is 0.271 e. The summed E-state index contributed by atoms with van der Waals surface area (Å²) >= 11 is 0. The average Bonchev–Trinajstić information content (AvgIpc) is 3.09. The van der Waals surface area contributed by atoms with Crippen molar-refractivity contribution in [3.63, 3.8) is 0 Å². The number of para-hydroxylation sites is 1. The molecule has 1 atom stereocenters. The Kier molecular flexibility index (Phi) is 5.61. The molecule has 0 fully saturated rings. The van der Waals surface area contributed by atoms with E-state index in [9.17, 15) is 9.59 Å². The highest BCUT2D eigenvalue weighted by Gasteiger charge is 2.47. The normalized spacial score (nSPS) is 18.5. The molecule has 0 spiro atoms. The van der Waals surface area contributed by atoms with Crippen LogP contribution in [0.15, 0.2) is 54.6 Å². The summed E-state index contributed by atoms with van der Waals surface area (Å²) in [5, 5.41) is 4.12. The lowest BCUT2D eigenvalue weighted by Crippen LogP contribution is -2.63. The molecule has 0 radical (unpaired) electrons. The summed E-state index contributed by atoms with van der Waals surface area (Å²) in [7, 11) is 0. The van der Waals surface area contributed by atoms with Gasteiger partial charge in [-0.25, -0.2) is 0 Å². The maximum atomic E-state index is 13.7. The summed E-state index contributed by atoms with van der Waals surface area (Å²) in [6, 6.07) is 18.0. The lowest BCUT2D eigenvalue weighted by atomic mass is 9.93. The molecule has 5 nitrogen and oxygen atoms in total. The van der Waals surface area contributed by atoms with Gasteiger partial charge in [0, 0.05) is 24.0 Å². The van der Waals surface area contributed by atoms with Crippen LogP contribution in [-0.2, 0) is 17.9 Å². The Balaban J connectivity index is 1.74. The SMILES string of the molecule is Cc1cccc(CN2C(=O)c3cc4ccccc4n3C[C@@]2(C)C(=O)NCCC(C)C)c1. The minimum atomic E-state index is -0.980. The second kappa shape index (κ2) is 8.22. The van der Waals surface area contributed by atoms with Crippen LogP contribution in [0.5, 0.6) is 0 Å². The summed E-state index contributed by atoms with van der Waals surface area (Å²) in [5.41, 5.74) is 2.81. The molecule has 2 heterocycles. The van der Waals surface area contributed by atoms with Crippen LogP contribution in [0.1, 0.15) is 48.8 Å². The van der Waals surface area contributed by atoms with E-state index in [1.807, 2.05) is 66.9 Å². The van der Waals surface area contributed by atoms with E-state index in [0.717, 1.165) is 28.5 Å². The standard InChI is InChI=1S/C26H31N3O2/c1-18(2)12-13-27-25(31)26(4)17-28-22-11-6-5-10-21(22)15-23(28)24(30)29(26)16-20-9-7-8-19(3)14-20/h5-11,14-15,18H,12-13,16-17H2,1-4H3,(H,27,31)/t26-/m0/s1. The van der Waals surface area contributed by atoms with Crippen molar-refractivity contribution in [3.05, 3.63) is 71.4 Å². The predicted molar refractivity (Wildman–Crippen MR) is 124 cm³/mol. The maximum Gasteiger partial charge on any atom is 0.271 e. The first-order valence-electron chi connectivity index (χ1n) is 11.0. The third-order valence-electron chi connectivity index (χ3n) is 6.26. The summed E-state index contributed by atoms with van der Waals surface area (Å²) < 4.78 is 2.01. The first kappa shape index (κ1) is 21.2. The molecule has 5 heteroatoms. The summed E-state index contributed by atoms with van der Waals surface area (Å²) in [6.45, 7) is 9.65. The number of rotatable bonds is 6. The lowest BCUT2D eigenvalue weighted by molar-refractivity contribution is -0.133. The van der Waals surface area contributed by atoms with Crippen LogP contribution in [0.25, 0.3) is 10.9 Å². The van der Waals surface area contributed by atoms with Gasteiger partial charge >= 0.3 is 0 Å². The van der Waals surface area contributed by atoms with Crippen LogP contribution in [0.3, 0.4) is 0 Å². The minimum Gasteiger partial charge on any atom is -0.354 e. The Bertz CT molecular complexity index is 1130. The van der Waals surface area contributed by atoms with Crippen LogP contribution in [0.4, 0.5) is 0 Å². The van der Waals surface area contributed by atoms with Gasteiger partial charge in [-0.05, 0) is 43.9 Å². The van der Waals surface area contributed by atoms with E-state index in [1.165, 1.54) is 0 Å². The molecule has 2 amide bonds. The number of fused-ring (bicyclic) bond motifs is 3. The van der Waals surface area contributed by atoms with Gasteiger partial charge in [0.2, 0.25) is 5.91 Å². The molecule has 0 saturated carbocycles. The molecule has 0 unspecified atom stereocenters. The first-order valence-corrected chi connectivity index (χ1v) is 11.0. The van der Waals surface area contributed by atoms with Crippen LogP contribution in [-0.4, -0.2) is 33.4 Å². The highest BCUT2D eigenvalue weighted by atomic mass is 16.2. The molecule has 4 rings (SSSR count). The second-order valence-corrected chi connectivity index (χ2v) is 9.27. The molecule has 0 saturated heterocycles. The number of benzene rings is 2. The van der Waals surface area contributed by atoms with E-state index in [4.69, 9.17) is 0 Å². The number of aryl methyl sites for hydroxylation is 1. The van der Waals surface area contributed by atoms with Gasteiger partial charge in [-0.1, -0.05) is 61.9 Å². The van der Waals surface area contributed by atoms with Crippen molar-refractivity contribution in [2.75, 3.05) is 6.54 Å². The number of hydrogen-bond acceptors (Lipinski definition) is 2. The van der Waals surface area contributed by atoms with Gasteiger partial charge in [0.1, 0.15) is 11.2 Å². The van der Waals surface area contributed by atoms with Gasteiger partial charge in [-0.2, -0.15) is 0 Å². The summed E-state index contributed by atoms with van der Waals surface area (Å²) in [4.78, 5) is 28.9. The topological polar surface area (TPSA) is 54.3 Å². The molecule has 0 bridgehead atoms. The molecular formula is C26H31N3O2. The van der Waals surface area contributed by atoms with Gasteiger partial charge in [0.15, 0.2) is 0 Å². The fraction of sp³-hybridized carbons (Fsp3) is 0.385. The zero-order chi connectivity index (χ0) is 22.2. The van der Waals surface area contributed by atoms with E-state index in [2.05, 4.69) is 25.2 Å². The number of carbonyl (C=O) groups excluding carboxylic acids is 2. The number of nitrogens with one attached hydrogen (secondary N) is 1. The minimum absolute atomic E-state index is 0.0995. The zero-order valence-corrected chi connectivity index (χ0v) is 18.8. The molecule has 1 aromatic heterocycles. The Morgan fingerprint density at radius 3 is 2.65 bits per heavy atom. The van der Waals surface area contributed by atoms with Gasteiger partial charge < -0.3 is 14.8 Å². The van der Waals surface area contributed by atoms with Gasteiger partial charge in [0.05, 0.1) is 6.54 Å². The quantitative estimate of drug-likeness (QED) is 0.641. The number of hydrogen-bond donors (Lipinski definition) is 1. The van der Waals surface area contributed by atoms with Crippen molar-refractivity contribution in [1.29, 1.82) is 0 Å². The lowest BCUT2D eigenvalue weighted by Gasteiger charge is -2.44. The highest BCUT2D eigenvalue weighted by Crippen LogP contribution is 2.33. The summed E-state index contributed by atoms with van der Waals surface area (Å²) in [5.74, 6) is 0.299. The molecule has 3 aromatic rings. The van der Waals surface area contributed by atoms with Crippen LogP contribution >= 0.6 is 0 Å². The second-order valence-electron chi connectivity index (χ2n) is 9.27. The Hall–Kier alpha value is -3.08. The molecule has 0 aliphatic carbocycles. The average molecular weight is 418 g/mol. The van der Waals surface area contributed by atoms with Gasteiger partial charge in [0.25, 0.3) is 5.91 Å². The van der Waals surface area contributed by atoms with Crippen LogP contribution < -0.4 is 5.32 Å². The molecule has 2 aromatic carbocycles. The molecule has 1 N–H and O–H groups in total. The van der Waals surface area contributed by atoms with Crippen molar-refractivity contribution in [1.82, 2.24) is 14.8 Å². The third-order valence-corrected chi connectivity index (χ3v) is 6.26. The third kappa shape index (κ3) is 3.97. The summed E-state index contributed by atoms with van der Waals surface area (Å²) in [6.07, 6.45) is 0.908. The van der Waals surface area contributed by atoms with Crippen molar-refractivity contribution < 1.29 is 9.59 Å². The molecular weight excluding hydrogens is 386 g/mol. The number of carbonyl (C=O) groups is 2. The van der Waals surface area contributed by atoms with Crippen molar-refractivity contribution in [2.45, 2.75) is 52.7 Å². The number of nitrogens with zero attached hydrogens (tertiary/aromatic N) is 2. The van der Waals surface area contributed by atoms with E-state index in [1.54, 1.807) is 4.90 Å². The number of amides is 2. The van der Waals surface area contributed by atoms with Gasteiger partial charge in [-0.3, -0.25) is 9.59 Å². The Morgan fingerprint density at radius 2 is 1.90 bits per heavy atom. The molecule has 162 valence electrons. The van der Waals surface area contributed by atoms with Crippen molar-refractivity contribution in [2.24, 2.45) is 5.92 Å². The molecule has 1 aliphatic rings. The highest BCUT2D eigenvalue weighted by molar-refractivity contribution is 6.03. The maximum absolute atomic E-state index is 13.7. The van der Waals surface area contributed by atoms with Crippen molar-refractivity contribution in [3.8, 4) is 0 Å². The predicted octanol–water partition coefficient (Wildman–Crippen LogP) is 4.53. The fourth-order valence-corrected chi connectivity index (χ4v) is 4.41. The first-order chi connectivity index (χ1) is 14.8. The van der Waals surface area contributed by atoms with E-state index < -0.39 is 5.54 Å². The van der Waals surface area contributed by atoms with E-state index in [-0.39, 0.29) is 11.8 Å². The molecule has 1 aliphatic heterocycles. The van der Waals surface area contributed by atoms with E-state index >= 15 is 0 Å². The zero-order valence-electron chi connectivity index (χ0n) is 18.8. The fourth-order valence-electron chi connectivity index (χ4n) is 4.41. The number of aromatic nitrogens is 1. The Morgan fingerprint density at radius 1 is 1.13 bits per heavy atom. The monoisotopic (exact) mass is 417 g/mol. The molecule has 31 heavy (non-hydrogen) atoms. The van der Waals surface area contributed by atoms with Crippen LogP contribution in [0, 0.1) is 12.8 Å².